The molecule has 0 bridgehead atoms. The number of hydrogen-bond donors (Lipinski definition) is 0. The topological polar surface area (TPSA) is 57.3 Å². The molecule has 0 aliphatic carbocycles. The van der Waals surface area contributed by atoms with Gasteiger partial charge in [-0.2, -0.15) is 4.68 Å². The van der Waals surface area contributed by atoms with Crippen molar-refractivity contribution in [2.45, 2.75) is 26.2 Å². The molecule has 110 valence electrons. The van der Waals surface area contributed by atoms with Crippen LogP contribution in [0.5, 0.6) is 5.75 Å². The van der Waals surface area contributed by atoms with Crippen LogP contribution in [0.25, 0.3) is 5.69 Å². The summed E-state index contributed by atoms with van der Waals surface area (Å²) in [4.78, 5) is 11.9. The molecule has 0 aliphatic rings. The van der Waals surface area contributed by atoms with Gasteiger partial charge in [-0.25, -0.2) is 9.18 Å². The van der Waals surface area contributed by atoms with Gasteiger partial charge >= 0.3 is 5.76 Å². The van der Waals surface area contributed by atoms with Crippen molar-refractivity contribution in [2.24, 2.45) is 0 Å². The first kappa shape index (κ1) is 14.9. The van der Waals surface area contributed by atoms with Gasteiger partial charge in [-0.15, -0.1) is 11.5 Å². The van der Waals surface area contributed by atoms with Crippen LogP contribution in [0.3, 0.4) is 0 Å². The van der Waals surface area contributed by atoms with E-state index >= 15 is 0 Å². The van der Waals surface area contributed by atoms with Crippen LogP contribution in [0.1, 0.15) is 26.7 Å². The summed E-state index contributed by atoms with van der Waals surface area (Å²) in [6, 6.07) is 3.95. The molecule has 0 saturated heterocycles. The molecule has 0 fully saturated rings. The summed E-state index contributed by atoms with van der Waals surface area (Å²) in [5.74, 6) is 1.51. The quantitative estimate of drug-likeness (QED) is 0.814. The lowest BCUT2D eigenvalue weighted by molar-refractivity contribution is 0.369. The summed E-state index contributed by atoms with van der Waals surface area (Å²) in [6.45, 7) is 5.56. The molecule has 6 heteroatoms. The maximum atomic E-state index is 13.9. The van der Waals surface area contributed by atoms with Crippen LogP contribution in [0.2, 0.25) is 0 Å². The van der Waals surface area contributed by atoms with Crippen LogP contribution in [0.15, 0.2) is 27.4 Å². The minimum atomic E-state index is -0.757. The highest BCUT2D eigenvalue weighted by Gasteiger charge is 2.24. The van der Waals surface area contributed by atoms with Gasteiger partial charge in [0.05, 0.1) is 0 Å². The summed E-state index contributed by atoms with van der Waals surface area (Å²) >= 11 is 0. The molecule has 0 radical (unpaired) electrons. The molecule has 0 saturated carbocycles. The monoisotopic (exact) mass is 290 g/mol. The molecule has 0 spiro atoms. The third-order valence-corrected chi connectivity index (χ3v) is 2.66. The normalized spacial score (nSPS) is 11.2. The Kier molecular flexibility index (Phi) is 3.85. The second-order valence-corrected chi connectivity index (χ2v) is 5.44. The Balaban J connectivity index is 2.49. The van der Waals surface area contributed by atoms with Crippen molar-refractivity contribution in [3.8, 4) is 23.8 Å². The summed E-state index contributed by atoms with van der Waals surface area (Å²) < 4.78 is 25.1. The second-order valence-electron chi connectivity index (χ2n) is 5.44. The molecule has 5 nitrogen and oxygen atoms in total. The number of aromatic nitrogens is 2. The third-order valence-electron chi connectivity index (χ3n) is 2.66. The summed E-state index contributed by atoms with van der Waals surface area (Å²) in [5, 5.41) is 4.04. The largest absolute Gasteiger partial charge is 0.481 e. The van der Waals surface area contributed by atoms with Crippen LogP contribution in [0, 0.1) is 18.2 Å². The Labute approximate surface area is 121 Å². The van der Waals surface area contributed by atoms with Crippen LogP contribution < -0.4 is 10.5 Å². The number of hydrogen-bond acceptors (Lipinski definition) is 4. The molecular weight excluding hydrogens is 275 g/mol. The summed E-state index contributed by atoms with van der Waals surface area (Å²) in [6.07, 6.45) is 5.10. The van der Waals surface area contributed by atoms with Crippen molar-refractivity contribution in [3.05, 3.63) is 40.5 Å². The fourth-order valence-electron chi connectivity index (χ4n) is 1.60. The molecule has 21 heavy (non-hydrogen) atoms. The number of nitrogens with zero attached hydrogens (tertiary/aromatic N) is 2. The maximum Gasteiger partial charge on any atom is 0.442 e. The van der Waals surface area contributed by atoms with Gasteiger partial charge in [0.25, 0.3) is 0 Å². The van der Waals surface area contributed by atoms with Gasteiger partial charge < -0.3 is 9.15 Å². The van der Waals surface area contributed by atoms with Gasteiger partial charge in [-0.05, 0) is 12.1 Å². The van der Waals surface area contributed by atoms with Crippen molar-refractivity contribution in [1.29, 1.82) is 0 Å². The highest BCUT2D eigenvalue weighted by atomic mass is 19.1. The highest BCUT2D eigenvalue weighted by molar-refractivity contribution is 5.39. The number of benzene rings is 1. The van der Waals surface area contributed by atoms with Gasteiger partial charge in [0.15, 0.2) is 0 Å². The van der Waals surface area contributed by atoms with E-state index in [1.54, 1.807) is 0 Å². The molecular formula is C15H15FN2O3. The van der Waals surface area contributed by atoms with E-state index in [9.17, 15) is 9.18 Å². The van der Waals surface area contributed by atoms with Crippen LogP contribution in [-0.2, 0) is 5.41 Å². The van der Waals surface area contributed by atoms with E-state index < -0.39 is 17.0 Å². The second kappa shape index (κ2) is 5.44. The first-order valence-corrected chi connectivity index (χ1v) is 6.30. The predicted molar refractivity (Wildman–Crippen MR) is 75.1 cm³/mol. The minimum Gasteiger partial charge on any atom is -0.481 e. The molecule has 0 unspecified atom stereocenters. The fourth-order valence-corrected chi connectivity index (χ4v) is 1.60. The van der Waals surface area contributed by atoms with Gasteiger partial charge in [0.2, 0.25) is 5.89 Å². The van der Waals surface area contributed by atoms with E-state index in [0.29, 0.717) is 5.75 Å². The first-order chi connectivity index (χ1) is 9.82. The lowest BCUT2D eigenvalue weighted by Gasteiger charge is -2.11. The summed E-state index contributed by atoms with van der Waals surface area (Å²) in [7, 11) is 0. The Hall–Kier alpha value is -2.55. The first-order valence-electron chi connectivity index (χ1n) is 6.30. The Bertz CT molecular complexity index is 747. The fraction of sp³-hybridized carbons (Fsp3) is 0.333. The summed E-state index contributed by atoms with van der Waals surface area (Å²) in [5.41, 5.74) is -0.507. The highest BCUT2D eigenvalue weighted by Crippen LogP contribution is 2.22. The van der Waals surface area contributed by atoms with E-state index in [0.717, 1.165) is 4.68 Å². The molecule has 0 N–H and O–H groups in total. The van der Waals surface area contributed by atoms with Crippen LogP contribution in [0.4, 0.5) is 4.39 Å². The van der Waals surface area contributed by atoms with Crippen molar-refractivity contribution < 1.29 is 13.5 Å². The molecule has 1 heterocycles. The van der Waals surface area contributed by atoms with E-state index in [4.69, 9.17) is 15.6 Å². The van der Waals surface area contributed by atoms with Crippen LogP contribution >= 0.6 is 0 Å². The number of halogens is 1. The average molecular weight is 290 g/mol. The van der Waals surface area contributed by atoms with E-state index in [1.165, 1.54) is 18.2 Å². The predicted octanol–water partition coefficient (Wildman–Crippen LogP) is 2.27. The zero-order valence-electron chi connectivity index (χ0n) is 12.0. The van der Waals surface area contributed by atoms with E-state index in [2.05, 4.69) is 11.0 Å². The molecule has 2 rings (SSSR count). The van der Waals surface area contributed by atoms with Crippen molar-refractivity contribution in [3.63, 3.8) is 0 Å². The van der Waals surface area contributed by atoms with E-state index in [1.807, 2.05) is 20.8 Å². The van der Waals surface area contributed by atoms with Gasteiger partial charge in [0.1, 0.15) is 23.9 Å². The molecule has 1 aromatic carbocycles. The maximum absolute atomic E-state index is 13.9. The SMILES string of the molecule is C#CCOc1ccc(F)c(-n2nc(C(C)(C)C)oc2=O)c1. The average Bonchev–Trinajstić information content (AvgIpc) is 2.80. The Morgan fingerprint density at radius 3 is 2.76 bits per heavy atom. The molecule has 1 aromatic heterocycles. The van der Waals surface area contributed by atoms with Crippen molar-refractivity contribution >= 4 is 0 Å². The molecule has 0 amide bonds. The van der Waals surface area contributed by atoms with Crippen LogP contribution in [-0.4, -0.2) is 16.4 Å². The van der Waals surface area contributed by atoms with E-state index in [-0.39, 0.29) is 18.2 Å². The van der Waals surface area contributed by atoms with Crippen molar-refractivity contribution in [2.75, 3.05) is 6.61 Å². The number of terminal acetylenes is 1. The molecule has 2 aromatic rings. The van der Waals surface area contributed by atoms with Gasteiger partial charge in [-0.3, -0.25) is 0 Å². The standard InChI is InChI=1S/C15H15FN2O3/c1-5-8-20-10-6-7-11(16)12(9-10)18-14(19)21-13(17-18)15(2,3)4/h1,6-7,9H,8H2,2-4H3. The smallest absolute Gasteiger partial charge is 0.442 e. The Morgan fingerprint density at radius 1 is 1.48 bits per heavy atom. The lowest BCUT2D eigenvalue weighted by Crippen LogP contribution is -2.16. The van der Waals surface area contributed by atoms with Gasteiger partial charge in [0, 0.05) is 11.5 Å². The third kappa shape index (κ3) is 3.14. The molecule has 0 aliphatic heterocycles. The minimum absolute atomic E-state index is 0.0474. The zero-order chi connectivity index (χ0) is 15.6. The zero-order valence-corrected chi connectivity index (χ0v) is 12.0. The molecule has 0 atom stereocenters. The lowest BCUT2D eigenvalue weighted by atomic mass is 9.97. The number of ether oxygens (including phenoxy) is 1. The number of rotatable bonds is 3. The van der Waals surface area contributed by atoms with Crippen molar-refractivity contribution in [1.82, 2.24) is 9.78 Å². The Morgan fingerprint density at radius 2 is 2.19 bits per heavy atom. The van der Waals surface area contributed by atoms with Gasteiger partial charge in [-0.1, -0.05) is 26.7 Å².